The molecule has 0 aliphatic heterocycles. The Morgan fingerprint density at radius 3 is 2.04 bits per heavy atom. The quantitative estimate of drug-likeness (QED) is 0.781. The Kier molecular flexibility index (Phi) is 6.50. The van der Waals surface area contributed by atoms with E-state index in [4.69, 9.17) is 11.6 Å². The van der Waals surface area contributed by atoms with E-state index in [1.807, 2.05) is 31.1 Å². The number of hydrogen-bond acceptors (Lipinski definition) is 4. The predicted octanol–water partition coefficient (Wildman–Crippen LogP) is 3.20. The van der Waals surface area contributed by atoms with Gasteiger partial charge >= 0.3 is 0 Å². The molecule has 0 aliphatic rings. The third-order valence-corrected chi connectivity index (χ3v) is 5.17. The van der Waals surface area contributed by atoms with Crippen molar-refractivity contribution in [1.82, 2.24) is 0 Å². The van der Waals surface area contributed by atoms with Gasteiger partial charge < -0.3 is 10.2 Å². The number of benzene rings is 2. The van der Waals surface area contributed by atoms with Gasteiger partial charge in [0, 0.05) is 43.5 Å². The number of nitrogens with zero attached hydrogens (tertiary/aromatic N) is 2. The van der Waals surface area contributed by atoms with E-state index < -0.39 is 10.0 Å². The van der Waals surface area contributed by atoms with Crippen LogP contribution in [0.2, 0.25) is 5.02 Å². The molecule has 0 atom stereocenters. The first-order valence-corrected chi connectivity index (χ1v) is 10.2. The summed E-state index contributed by atoms with van der Waals surface area (Å²) in [4.78, 5) is 14.1. The SMILES string of the molecule is CN(C)c1ccc(NC(=O)CCN(c2ccc(Cl)cc2)S(C)(=O)=O)cc1. The molecule has 8 heteroatoms. The van der Waals surface area contributed by atoms with E-state index in [-0.39, 0.29) is 18.9 Å². The van der Waals surface area contributed by atoms with E-state index >= 15 is 0 Å². The number of sulfonamides is 1. The van der Waals surface area contributed by atoms with Crippen molar-refractivity contribution in [3.63, 3.8) is 0 Å². The molecule has 0 fully saturated rings. The lowest BCUT2D eigenvalue weighted by atomic mass is 10.2. The number of hydrogen-bond donors (Lipinski definition) is 1. The highest BCUT2D eigenvalue weighted by Gasteiger charge is 2.18. The van der Waals surface area contributed by atoms with Gasteiger partial charge in [0.15, 0.2) is 0 Å². The minimum Gasteiger partial charge on any atom is -0.378 e. The van der Waals surface area contributed by atoms with Crippen molar-refractivity contribution in [1.29, 1.82) is 0 Å². The van der Waals surface area contributed by atoms with Crippen LogP contribution in [0.1, 0.15) is 6.42 Å². The van der Waals surface area contributed by atoms with Gasteiger partial charge in [0.25, 0.3) is 0 Å². The van der Waals surface area contributed by atoms with Crippen molar-refractivity contribution in [2.24, 2.45) is 0 Å². The van der Waals surface area contributed by atoms with Crippen molar-refractivity contribution in [3.05, 3.63) is 53.6 Å². The molecule has 1 N–H and O–H groups in total. The fourth-order valence-corrected chi connectivity index (χ4v) is 3.42. The molecule has 0 saturated carbocycles. The zero-order valence-electron chi connectivity index (χ0n) is 14.9. The maximum Gasteiger partial charge on any atom is 0.232 e. The molecule has 2 rings (SSSR count). The molecule has 0 saturated heterocycles. The molecule has 2 aromatic carbocycles. The third-order valence-electron chi connectivity index (χ3n) is 3.72. The maximum absolute atomic E-state index is 12.2. The van der Waals surface area contributed by atoms with E-state index in [0.717, 1.165) is 11.9 Å². The van der Waals surface area contributed by atoms with Gasteiger partial charge in [-0.1, -0.05) is 11.6 Å². The van der Waals surface area contributed by atoms with E-state index in [1.54, 1.807) is 36.4 Å². The highest BCUT2D eigenvalue weighted by Crippen LogP contribution is 2.21. The van der Waals surface area contributed by atoms with E-state index in [1.165, 1.54) is 4.31 Å². The van der Waals surface area contributed by atoms with Gasteiger partial charge in [0.2, 0.25) is 15.9 Å². The number of carbonyl (C=O) groups excluding carboxylic acids is 1. The second-order valence-electron chi connectivity index (χ2n) is 6.05. The monoisotopic (exact) mass is 395 g/mol. The number of anilines is 3. The predicted molar refractivity (Wildman–Crippen MR) is 108 cm³/mol. The third kappa shape index (κ3) is 5.64. The number of rotatable bonds is 7. The number of nitrogens with one attached hydrogen (secondary N) is 1. The van der Waals surface area contributed by atoms with Gasteiger partial charge in [-0.05, 0) is 48.5 Å². The largest absolute Gasteiger partial charge is 0.378 e. The number of halogens is 1. The van der Waals surface area contributed by atoms with Gasteiger partial charge in [-0.25, -0.2) is 8.42 Å². The Balaban J connectivity index is 2.01. The Labute approximate surface area is 159 Å². The van der Waals surface area contributed by atoms with Crippen molar-refractivity contribution < 1.29 is 13.2 Å². The molecule has 0 aromatic heterocycles. The lowest BCUT2D eigenvalue weighted by Gasteiger charge is -2.22. The maximum atomic E-state index is 12.2. The highest BCUT2D eigenvalue weighted by atomic mass is 35.5. The van der Waals surface area contributed by atoms with Crippen molar-refractivity contribution in [2.75, 3.05) is 41.4 Å². The summed E-state index contributed by atoms with van der Waals surface area (Å²) in [5.74, 6) is -0.259. The van der Waals surface area contributed by atoms with Crippen LogP contribution >= 0.6 is 11.6 Å². The minimum absolute atomic E-state index is 0.0329. The van der Waals surface area contributed by atoms with Crippen LogP contribution in [-0.2, 0) is 14.8 Å². The fourth-order valence-electron chi connectivity index (χ4n) is 2.36. The molecule has 0 bridgehead atoms. The molecule has 1 amide bonds. The molecular weight excluding hydrogens is 374 g/mol. The van der Waals surface area contributed by atoms with Crippen LogP contribution in [0.15, 0.2) is 48.5 Å². The average molecular weight is 396 g/mol. The Bertz CT molecular complexity index is 850. The zero-order valence-corrected chi connectivity index (χ0v) is 16.5. The standard InChI is InChI=1S/C18H22ClN3O3S/c1-21(2)16-10-6-15(7-11-16)20-18(23)12-13-22(26(3,24)25)17-8-4-14(19)5-9-17/h4-11H,12-13H2,1-3H3,(H,20,23). The van der Waals surface area contributed by atoms with Crippen LogP contribution in [-0.4, -0.2) is 41.2 Å². The smallest absolute Gasteiger partial charge is 0.232 e. The minimum atomic E-state index is -3.51. The van der Waals surface area contributed by atoms with Crippen LogP contribution in [0, 0.1) is 0 Å². The van der Waals surface area contributed by atoms with Crippen LogP contribution in [0.3, 0.4) is 0 Å². The van der Waals surface area contributed by atoms with Crippen molar-refractivity contribution in [2.45, 2.75) is 6.42 Å². The first-order chi connectivity index (χ1) is 12.2. The van der Waals surface area contributed by atoms with Gasteiger partial charge in [0.05, 0.1) is 11.9 Å². The normalized spacial score (nSPS) is 11.1. The molecule has 0 radical (unpaired) electrons. The second kappa shape index (κ2) is 8.42. The summed E-state index contributed by atoms with van der Waals surface area (Å²) in [5, 5.41) is 3.29. The molecule has 140 valence electrons. The molecule has 26 heavy (non-hydrogen) atoms. The summed E-state index contributed by atoms with van der Waals surface area (Å²) >= 11 is 5.84. The second-order valence-corrected chi connectivity index (χ2v) is 8.39. The van der Waals surface area contributed by atoms with Gasteiger partial charge in [-0.3, -0.25) is 9.10 Å². The zero-order chi connectivity index (χ0) is 19.3. The van der Waals surface area contributed by atoms with E-state index in [0.29, 0.717) is 16.4 Å². The summed E-state index contributed by atoms with van der Waals surface area (Å²) in [7, 11) is 0.360. The van der Waals surface area contributed by atoms with Crippen LogP contribution < -0.4 is 14.5 Å². The van der Waals surface area contributed by atoms with Crippen LogP contribution in [0.25, 0.3) is 0 Å². The number of carbonyl (C=O) groups is 1. The Hall–Kier alpha value is -2.25. The van der Waals surface area contributed by atoms with Gasteiger partial charge in [0.1, 0.15) is 0 Å². The van der Waals surface area contributed by atoms with Crippen LogP contribution in [0.4, 0.5) is 17.1 Å². The Morgan fingerprint density at radius 2 is 1.54 bits per heavy atom. The molecular formula is C18H22ClN3O3S. The van der Waals surface area contributed by atoms with E-state index in [2.05, 4.69) is 5.32 Å². The summed E-state index contributed by atoms with van der Waals surface area (Å²) < 4.78 is 25.3. The first-order valence-electron chi connectivity index (χ1n) is 7.97. The molecule has 0 aliphatic carbocycles. The molecule has 0 heterocycles. The summed E-state index contributed by atoms with van der Waals surface area (Å²) in [6, 6.07) is 13.9. The lowest BCUT2D eigenvalue weighted by molar-refractivity contribution is -0.116. The van der Waals surface area contributed by atoms with Gasteiger partial charge in [-0.2, -0.15) is 0 Å². The average Bonchev–Trinajstić information content (AvgIpc) is 2.56. The first kappa shape index (κ1) is 20.1. The summed E-state index contributed by atoms with van der Waals surface area (Å²) in [6.45, 7) is 0.0437. The van der Waals surface area contributed by atoms with Crippen molar-refractivity contribution >= 4 is 44.6 Å². The Morgan fingerprint density at radius 1 is 1.00 bits per heavy atom. The lowest BCUT2D eigenvalue weighted by Crippen LogP contribution is -2.33. The highest BCUT2D eigenvalue weighted by molar-refractivity contribution is 7.92. The summed E-state index contributed by atoms with van der Waals surface area (Å²) in [5.41, 5.74) is 2.16. The van der Waals surface area contributed by atoms with Gasteiger partial charge in [-0.15, -0.1) is 0 Å². The topological polar surface area (TPSA) is 69.7 Å². The van der Waals surface area contributed by atoms with Crippen molar-refractivity contribution in [3.8, 4) is 0 Å². The molecule has 0 spiro atoms. The van der Waals surface area contributed by atoms with E-state index in [9.17, 15) is 13.2 Å². The number of amides is 1. The fraction of sp³-hybridized carbons (Fsp3) is 0.278. The molecule has 2 aromatic rings. The molecule has 6 nitrogen and oxygen atoms in total. The summed E-state index contributed by atoms with van der Waals surface area (Å²) in [6.07, 6.45) is 1.14. The van der Waals surface area contributed by atoms with Crippen LogP contribution in [0.5, 0.6) is 0 Å². The molecule has 0 unspecified atom stereocenters.